The standard InChI is InChI=1S/C35H38N8O3/c1-24-38-34(31-18-27(21-42-16-5-17-42)19-37-33(31)40-28-10-15-32(46-4)36-20-28)41-35(39-24)43(22-25-6-11-29(44-2)12-7-25)23-26-8-13-30(45-3)14-9-26/h6-15,18-20H,5,16-17,21-23H2,1-4H3,(H,37,40). The minimum atomic E-state index is 0.537. The number of nitrogens with one attached hydrogen (secondary N) is 1. The largest absolute Gasteiger partial charge is 0.497 e. The van der Waals surface area contributed by atoms with Gasteiger partial charge in [0.05, 0.1) is 38.8 Å². The highest BCUT2D eigenvalue weighted by Gasteiger charge is 2.20. The maximum absolute atomic E-state index is 5.38. The summed E-state index contributed by atoms with van der Waals surface area (Å²) in [5, 5.41) is 3.42. The zero-order valence-electron chi connectivity index (χ0n) is 26.6. The highest BCUT2D eigenvalue weighted by atomic mass is 16.5. The molecule has 0 atom stereocenters. The van der Waals surface area contributed by atoms with E-state index < -0.39 is 0 Å². The predicted octanol–water partition coefficient (Wildman–Crippen LogP) is 5.82. The Labute approximate surface area is 269 Å². The van der Waals surface area contributed by atoms with Crippen molar-refractivity contribution in [3.8, 4) is 28.8 Å². The molecule has 5 aromatic rings. The molecule has 1 aliphatic rings. The van der Waals surface area contributed by atoms with Gasteiger partial charge in [0.15, 0.2) is 5.82 Å². The number of hydrogen-bond acceptors (Lipinski definition) is 11. The van der Waals surface area contributed by atoms with Crippen LogP contribution in [0.15, 0.2) is 79.1 Å². The molecule has 4 heterocycles. The van der Waals surface area contributed by atoms with Gasteiger partial charge in [-0.15, -0.1) is 0 Å². The van der Waals surface area contributed by atoms with E-state index in [2.05, 4.69) is 50.4 Å². The third kappa shape index (κ3) is 7.49. The van der Waals surface area contributed by atoms with Crippen LogP contribution in [0.4, 0.5) is 17.5 Å². The molecule has 0 bridgehead atoms. The minimum Gasteiger partial charge on any atom is -0.497 e. The van der Waals surface area contributed by atoms with E-state index in [-0.39, 0.29) is 0 Å². The van der Waals surface area contributed by atoms with E-state index >= 15 is 0 Å². The Bertz CT molecular complexity index is 1690. The van der Waals surface area contributed by atoms with E-state index in [1.165, 1.54) is 6.42 Å². The zero-order chi connectivity index (χ0) is 31.9. The molecule has 0 saturated carbocycles. The topological polar surface area (TPSA) is 111 Å². The molecule has 1 saturated heterocycles. The van der Waals surface area contributed by atoms with Gasteiger partial charge in [-0.25, -0.2) is 15.0 Å². The van der Waals surface area contributed by atoms with Gasteiger partial charge in [0, 0.05) is 31.9 Å². The predicted molar refractivity (Wildman–Crippen MR) is 178 cm³/mol. The maximum Gasteiger partial charge on any atom is 0.229 e. The van der Waals surface area contributed by atoms with Gasteiger partial charge in [-0.05, 0) is 79.5 Å². The third-order valence-corrected chi connectivity index (χ3v) is 7.83. The zero-order valence-corrected chi connectivity index (χ0v) is 26.6. The second kappa shape index (κ2) is 14.2. The van der Waals surface area contributed by atoms with Gasteiger partial charge in [0.1, 0.15) is 23.1 Å². The van der Waals surface area contributed by atoms with Gasteiger partial charge < -0.3 is 24.4 Å². The fourth-order valence-electron chi connectivity index (χ4n) is 5.20. The van der Waals surface area contributed by atoms with Crippen molar-refractivity contribution in [2.24, 2.45) is 0 Å². The average Bonchev–Trinajstić information content (AvgIpc) is 3.07. The monoisotopic (exact) mass is 618 g/mol. The number of ether oxygens (including phenoxy) is 3. The van der Waals surface area contributed by atoms with Crippen LogP contribution in [-0.4, -0.2) is 64.2 Å². The van der Waals surface area contributed by atoms with Crippen molar-refractivity contribution in [3.63, 3.8) is 0 Å². The number of hydrogen-bond donors (Lipinski definition) is 1. The number of rotatable bonds is 13. The third-order valence-electron chi connectivity index (χ3n) is 7.83. The fraction of sp³-hybridized carbons (Fsp3) is 0.286. The average molecular weight is 619 g/mol. The molecular weight excluding hydrogens is 580 g/mol. The summed E-state index contributed by atoms with van der Waals surface area (Å²) >= 11 is 0. The summed E-state index contributed by atoms with van der Waals surface area (Å²) in [7, 11) is 4.93. The summed E-state index contributed by atoms with van der Waals surface area (Å²) in [6.45, 7) is 6.05. The molecule has 2 aromatic carbocycles. The molecule has 1 fully saturated rings. The molecule has 46 heavy (non-hydrogen) atoms. The Kier molecular flexibility index (Phi) is 9.49. The van der Waals surface area contributed by atoms with Crippen molar-refractivity contribution in [3.05, 3.63) is 102 Å². The summed E-state index contributed by atoms with van der Waals surface area (Å²) in [4.78, 5) is 28.5. The van der Waals surface area contributed by atoms with Crippen molar-refractivity contribution in [2.75, 3.05) is 44.6 Å². The van der Waals surface area contributed by atoms with Crippen molar-refractivity contribution >= 4 is 17.5 Å². The van der Waals surface area contributed by atoms with Gasteiger partial charge in [-0.1, -0.05) is 24.3 Å². The molecule has 236 valence electrons. The number of likely N-dealkylation sites (tertiary alicyclic amines) is 1. The molecule has 0 spiro atoms. The molecule has 0 aliphatic carbocycles. The summed E-state index contributed by atoms with van der Waals surface area (Å²) in [6.07, 6.45) is 4.85. The van der Waals surface area contributed by atoms with Crippen LogP contribution in [0, 0.1) is 6.92 Å². The lowest BCUT2D eigenvalue weighted by Crippen LogP contribution is -2.36. The Morgan fingerprint density at radius 3 is 1.96 bits per heavy atom. The lowest BCUT2D eigenvalue weighted by Gasteiger charge is -2.30. The van der Waals surface area contributed by atoms with Crippen molar-refractivity contribution < 1.29 is 14.2 Å². The van der Waals surface area contributed by atoms with Crippen molar-refractivity contribution in [1.29, 1.82) is 0 Å². The van der Waals surface area contributed by atoms with Crippen LogP contribution in [-0.2, 0) is 19.6 Å². The van der Waals surface area contributed by atoms with Crippen LogP contribution < -0.4 is 24.4 Å². The van der Waals surface area contributed by atoms with Crippen LogP contribution in [0.5, 0.6) is 17.4 Å². The van der Waals surface area contributed by atoms with Gasteiger partial charge >= 0.3 is 0 Å². The van der Waals surface area contributed by atoms with E-state index in [9.17, 15) is 0 Å². The number of methoxy groups -OCH3 is 3. The molecule has 1 N–H and O–H groups in total. The van der Waals surface area contributed by atoms with Gasteiger partial charge in [-0.3, -0.25) is 4.90 Å². The number of nitrogens with zero attached hydrogens (tertiary/aromatic N) is 7. The van der Waals surface area contributed by atoms with E-state index in [1.807, 2.05) is 49.5 Å². The van der Waals surface area contributed by atoms with Crippen molar-refractivity contribution in [2.45, 2.75) is 33.0 Å². The molecule has 11 heteroatoms. The lowest BCUT2D eigenvalue weighted by atomic mass is 10.1. The van der Waals surface area contributed by atoms with E-state index in [0.717, 1.165) is 59.1 Å². The van der Waals surface area contributed by atoms with E-state index in [0.29, 0.717) is 42.4 Å². The first-order chi connectivity index (χ1) is 22.5. The molecule has 0 radical (unpaired) electrons. The van der Waals surface area contributed by atoms with Crippen LogP contribution in [0.3, 0.4) is 0 Å². The SMILES string of the molecule is COc1ccc(CN(Cc2ccc(OC)cc2)c2nc(C)nc(-c3cc(CN4CCC4)cnc3Nc3ccc(OC)nc3)n2)cc1. The van der Waals surface area contributed by atoms with Crippen LogP contribution in [0.2, 0.25) is 0 Å². The minimum absolute atomic E-state index is 0.537. The van der Waals surface area contributed by atoms with Gasteiger partial charge in [0.2, 0.25) is 11.8 Å². The highest BCUT2D eigenvalue weighted by Crippen LogP contribution is 2.30. The quantitative estimate of drug-likeness (QED) is 0.172. The Balaban J connectivity index is 1.38. The van der Waals surface area contributed by atoms with Crippen LogP contribution in [0.25, 0.3) is 11.4 Å². The summed E-state index contributed by atoms with van der Waals surface area (Å²) in [6, 6.07) is 21.9. The summed E-state index contributed by atoms with van der Waals surface area (Å²) in [5.74, 6) is 4.50. The first kappa shape index (κ1) is 30.7. The van der Waals surface area contributed by atoms with Gasteiger partial charge in [0.25, 0.3) is 0 Å². The molecule has 3 aromatic heterocycles. The number of aromatic nitrogens is 5. The molecule has 1 aliphatic heterocycles. The molecule has 0 amide bonds. The lowest BCUT2D eigenvalue weighted by molar-refractivity contribution is 0.172. The Morgan fingerprint density at radius 1 is 0.739 bits per heavy atom. The fourth-order valence-corrected chi connectivity index (χ4v) is 5.20. The number of aryl methyl sites for hydroxylation is 1. The Morgan fingerprint density at radius 2 is 1.41 bits per heavy atom. The summed E-state index contributed by atoms with van der Waals surface area (Å²) in [5.41, 5.74) is 4.86. The normalized spacial score (nSPS) is 12.7. The smallest absolute Gasteiger partial charge is 0.229 e. The van der Waals surface area contributed by atoms with E-state index in [4.69, 9.17) is 34.1 Å². The molecule has 6 rings (SSSR count). The van der Waals surface area contributed by atoms with Gasteiger partial charge in [-0.2, -0.15) is 9.97 Å². The molecular formula is C35H38N8O3. The van der Waals surface area contributed by atoms with Crippen LogP contribution in [0.1, 0.15) is 28.9 Å². The molecule has 11 nitrogen and oxygen atoms in total. The summed E-state index contributed by atoms with van der Waals surface area (Å²) < 4.78 is 16.0. The highest BCUT2D eigenvalue weighted by molar-refractivity contribution is 5.75. The first-order valence-corrected chi connectivity index (χ1v) is 15.2. The second-order valence-electron chi connectivity index (χ2n) is 11.1. The first-order valence-electron chi connectivity index (χ1n) is 15.2. The number of pyridine rings is 2. The van der Waals surface area contributed by atoms with Crippen LogP contribution >= 0.6 is 0 Å². The second-order valence-corrected chi connectivity index (χ2v) is 11.1. The van der Waals surface area contributed by atoms with E-state index in [1.54, 1.807) is 27.5 Å². The van der Waals surface area contributed by atoms with Crippen molar-refractivity contribution in [1.82, 2.24) is 29.8 Å². The molecule has 0 unspecified atom stereocenters. The Hall–Kier alpha value is -5.29. The maximum atomic E-state index is 5.38. The number of benzene rings is 2. The number of anilines is 3.